The number of hydrogen-bond donors (Lipinski definition) is 1. The lowest BCUT2D eigenvalue weighted by molar-refractivity contribution is 0.665. The minimum absolute atomic E-state index is 0.430. The predicted molar refractivity (Wildman–Crippen MR) is 43.5 cm³/mol. The van der Waals surface area contributed by atoms with Gasteiger partial charge in [0.15, 0.2) is 5.16 Å². The molecule has 0 saturated heterocycles. The summed E-state index contributed by atoms with van der Waals surface area (Å²) in [5.74, 6) is 0.477. The summed E-state index contributed by atoms with van der Waals surface area (Å²) in [5, 5.41) is 0.593. The van der Waals surface area contributed by atoms with Crippen LogP contribution in [0.4, 0.5) is 0 Å². The van der Waals surface area contributed by atoms with Crippen molar-refractivity contribution in [2.45, 2.75) is 5.16 Å². The van der Waals surface area contributed by atoms with E-state index in [0.717, 1.165) is 0 Å². The van der Waals surface area contributed by atoms with E-state index in [0.29, 0.717) is 17.5 Å². The first-order chi connectivity index (χ1) is 5.25. The topological polar surface area (TPSA) is 60.9 Å². The molecule has 62 valence electrons. The molecule has 1 rings (SSSR count). The number of aromatic nitrogens is 2. The highest BCUT2D eigenvalue weighted by Crippen LogP contribution is 2.00. The van der Waals surface area contributed by atoms with Crippen molar-refractivity contribution in [2.24, 2.45) is 12.8 Å². The van der Waals surface area contributed by atoms with E-state index in [1.54, 1.807) is 17.0 Å². The lowest BCUT2D eigenvalue weighted by Gasteiger charge is -1.98. The Bertz CT molecular complexity index is 258. The standard InChI is InChI=1S/C6H11N3OS/c1-9-4-3-8-6(9)11(10)5-2-7/h3-4H,2,5,7H2,1H3. The molecule has 0 bridgehead atoms. The normalized spacial score (nSPS) is 13.3. The van der Waals surface area contributed by atoms with E-state index in [1.165, 1.54) is 0 Å². The van der Waals surface area contributed by atoms with Crippen molar-refractivity contribution in [1.29, 1.82) is 0 Å². The van der Waals surface area contributed by atoms with Gasteiger partial charge in [-0.05, 0) is 0 Å². The monoisotopic (exact) mass is 173 g/mol. The summed E-state index contributed by atoms with van der Waals surface area (Å²) in [6, 6.07) is 0. The van der Waals surface area contributed by atoms with Gasteiger partial charge in [-0.15, -0.1) is 0 Å². The maximum absolute atomic E-state index is 11.3. The average molecular weight is 173 g/mol. The van der Waals surface area contributed by atoms with Gasteiger partial charge in [-0.25, -0.2) is 4.98 Å². The Balaban J connectivity index is 2.76. The number of nitrogens with zero attached hydrogens (tertiary/aromatic N) is 2. The fraction of sp³-hybridized carbons (Fsp3) is 0.500. The van der Waals surface area contributed by atoms with E-state index in [2.05, 4.69) is 4.98 Å². The van der Waals surface area contributed by atoms with Gasteiger partial charge in [0.25, 0.3) is 0 Å². The van der Waals surface area contributed by atoms with Gasteiger partial charge in [-0.3, -0.25) is 4.21 Å². The molecule has 0 spiro atoms. The van der Waals surface area contributed by atoms with Crippen LogP contribution in [0.2, 0.25) is 0 Å². The lowest BCUT2D eigenvalue weighted by Crippen LogP contribution is -2.13. The molecule has 2 N–H and O–H groups in total. The van der Waals surface area contributed by atoms with Crippen LogP contribution in [0.25, 0.3) is 0 Å². The van der Waals surface area contributed by atoms with Gasteiger partial charge in [-0.1, -0.05) is 0 Å². The quantitative estimate of drug-likeness (QED) is 0.669. The van der Waals surface area contributed by atoms with Crippen molar-refractivity contribution >= 4 is 10.8 Å². The van der Waals surface area contributed by atoms with Crippen LogP contribution in [0.5, 0.6) is 0 Å². The van der Waals surface area contributed by atoms with Crippen molar-refractivity contribution in [3.05, 3.63) is 12.4 Å². The molecule has 1 aromatic rings. The Morgan fingerprint density at radius 1 is 1.82 bits per heavy atom. The van der Waals surface area contributed by atoms with Crippen LogP contribution < -0.4 is 5.73 Å². The number of imidazole rings is 1. The Morgan fingerprint density at radius 2 is 2.55 bits per heavy atom. The van der Waals surface area contributed by atoms with E-state index in [4.69, 9.17) is 5.73 Å². The number of hydrogen-bond acceptors (Lipinski definition) is 3. The molecule has 1 atom stereocenters. The maximum Gasteiger partial charge on any atom is 0.198 e. The highest BCUT2D eigenvalue weighted by Gasteiger charge is 2.06. The van der Waals surface area contributed by atoms with Crippen LogP contribution in [0.15, 0.2) is 17.6 Å². The highest BCUT2D eigenvalue weighted by molar-refractivity contribution is 7.84. The van der Waals surface area contributed by atoms with Gasteiger partial charge < -0.3 is 10.3 Å². The average Bonchev–Trinajstić information content (AvgIpc) is 2.36. The summed E-state index contributed by atoms with van der Waals surface area (Å²) in [6.45, 7) is 0.430. The summed E-state index contributed by atoms with van der Waals surface area (Å²) in [5.41, 5.74) is 5.26. The van der Waals surface area contributed by atoms with Gasteiger partial charge >= 0.3 is 0 Å². The fourth-order valence-electron chi connectivity index (χ4n) is 0.770. The van der Waals surface area contributed by atoms with Crippen LogP contribution in [-0.2, 0) is 17.8 Å². The van der Waals surface area contributed by atoms with Crippen molar-refractivity contribution < 1.29 is 4.21 Å². The number of nitrogens with two attached hydrogens (primary N) is 1. The Morgan fingerprint density at radius 3 is 3.00 bits per heavy atom. The second kappa shape index (κ2) is 3.64. The number of rotatable bonds is 3. The first-order valence-corrected chi connectivity index (χ1v) is 4.63. The van der Waals surface area contributed by atoms with Crippen LogP contribution in [0.1, 0.15) is 0 Å². The first kappa shape index (κ1) is 8.42. The fourth-order valence-corrected chi connectivity index (χ4v) is 1.73. The Labute approximate surface area is 67.9 Å². The molecule has 1 heterocycles. The summed E-state index contributed by atoms with van der Waals surface area (Å²) in [4.78, 5) is 3.94. The molecule has 0 aliphatic carbocycles. The molecule has 0 saturated carbocycles. The third kappa shape index (κ3) is 1.87. The van der Waals surface area contributed by atoms with Crippen molar-refractivity contribution in [3.63, 3.8) is 0 Å². The molecule has 0 aliphatic rings. The molecule has 0 aromatic carbocycles. The highest BCUT2D eigenvalue weighted by atomic mass is 32.2. The van der Waals surface area contributed by atoms with E-state index in [-0.39, 0.29) is 0 Å². The van der Waals surface area contributed by atoms with Crippen molar-refractivity contribution in [1.82, 2.24) is 9.55 Å². The molecule has 0 aliphatic heterocycles. The maximum atomic E-state index is 11.3. The molecule has 11 heavy (non-hydrogen) atoms. The molecule has 0 radical (unpaired) electrons. The van der Waals surface area contributed by atoms with Crippen LogP contribution in [0, 0.1) is 0 Å². The third-order valence-electron chi connectivity index (χ3n) is 1.28. The summed E-state index contributed by atoms with van der Waals surface area (Å²) >= 11 is 0. The zero-order valence-corrected chi connectivity index (χ0v) is 7.17. The molecule has 1 unspecified atom stereocenters. The van der Waals surface area contributed by atoms with E-state index in [9.17, 15) is 4.21 Å². The molecular formula is C6H11N3OS. The van der Waals surface area contributed by atoms with Crippen molar-refractivity contribution in [3.8, 4) is 0 Å². The molecular weight excluding hydrogens is 162 g/mol. The van der Waals surface area contributed by atoms with E-state index < -0.39 is 10.8 Å². The molecule has 1 aromatic heterocycles. The zero-order valence-electron chi connectivity index (χ0n) is 6.36. The molecule has 0 amide bonds. The van der Waals surface area contributed by atoms with E-state index >= 15 is 0 Å². The number of aryl methyl sites for hydroxylation is 1. The largest absolute Gasteiger partial charge is 0.330 e. The second-order valence-corrected chi connectivity index (χ2v) is 3.62. The second-order valence-electron chi connectivity index (χ2n) is 2.16. The van der Waals surface area contributed by atoms with Crippen LogP contribution in [-0.4, -0.2) is 26.1 Å². The molecule has 4 nitrogen and oxygen atoms in total. The third-order valence-corrected chi connectivity index (χ3v) is 2.69. The Kier molecular flexibility index (Phi) is 2.78. The van der Waals surface area contributed by atoms with E-state index in [1.807, 2.05) is 7.05 Å². The van der Waals surface area contributed by atoms with Crippen LogP contribution >= 0.6 is 0 Å². The smallest absolute Gasteiger partial charge is 0.198 e. The van der Waals surface area contributed by atoms with Gasteiger partial charge in [0, 0.05) is 31.7 Å². The zero-order chi connectivity index (χ0) is 8.27. The van der Waals surface area contributed by atoms with Gasteiger partial charge in [0.2, 0.25) is 0 Å². The molecule has 5 heteroatoms. The minimum Gasteiger partial charge on any atom is -0.330 e. The summed E-state index contributed by atoms with van der Waals surface area (Å²) < 4.78 is 13.0. The minimum atomic E-state index is -1.04. The summed E-state index contributed by atoms with van der Waals surface area (Å²) in [6.07, 6.45) is 3.40. The first-order valence-electron chi connectivity index (χ1n) is 3.31. The van der Waals surface area contributed by atoms with Gasteiger partial charge in [0.1, 0.15) is 0 Å². The van der Waals surface area contributed by atoms with Crippen LogP contribution in [0.3, 0.4) is 0 Å². The van der Waals surface area contributed by atoms with Gasteiger partial charge in [0.05, 0.1) is 10.8 Å². The van der Waals surface area contributed by atoms with Crippen molar-refractivity contribution in [2.75, 3.05) is 12.3 Å². The van der Waals surface area contributed by atoms with Gasteiger partial charge in [-0.2, -0.15) is 0 Å². The SMILES string of the molecule is Cn1ccnc1S(=O)CCN. The summed E-state index contributed by atoms with van der Waals surface area (Å²) in [7, 11) is 0.779. The lowest BCUT2D eigenvalue weighted by atomic mass is 10.8. The Hall–Kier alpha value is -0.680. The predicted octanol–water partition coefficient (Wildman–Crippen LogP) is -0.514. The molecule has 0 fully saturated rings.